The molecule has 6 nitrogen and oxygen atoms in total. The lowest BCUT2D eigenvalue weighted by molar-refractivity contribution is 0.0937. The normalized spacial score (nSPS) is 10.5. The molecule has 0 aliphatic heterocycles. The second kappa shape index (κ2) is 7.27. The first-order chi connectivity index (χ1) is 12.0. The first kappa shape index (κ1) is 16.8. The minimum Gasteiger partial charge on any atom is -0.357 e. The molecule has 0 spiro atoms. The standard InChI is InChI=1S/C17H16FN5OS/c1-11-15(23-9-3-2-4-14(23)20-11)16(24)21-22-17(25)19-10-12-5-7-13(18)8-6-12/h2-9H,10H2,1H3,(H,21,24)(H2,19,22,25). The van der Waals surface area contributed by atoms with Crippen LogP contribution in [0.25, 0.3) is 5.65 Å². The van der Waals surface area contributed by atoms with Gasteiger partial charge in [-0.15, -0.1) is 0 Å². The molecule has 1 amide bonds. The van der Waals surface area contributed by atoms with Gasteiger partial charge in [-0.1, -0.05) is 18.2 Å². The summed E-state index contributed by atoms with van der Waals surface area (Å²) in [6.07, 6.45) is 1.77. The van der Waals surface area contributed by atoms with Crippen molar-refractivity contribution in [3.63, 3.8) is 0 Å². The first-order valence-corrected chi connectivity index (χ1v) is 7.98. The fourth-order valence-corrected chi connectivity index (χ4v) is 2.51. The number of aromatic nitrogens is 2. The summed E-state index contributed by atoms with van der Waals surface area (Å²) in [6.45, 7) is 2.18. The highest BCUT2D eigenvalue weighted by Gasteiger charge is 2.16. The summed E-state index contributed by atoms with van der Waals surface area (Å²) in [5.74, 6) is -0.637. The highest BCUT2D eigenvalue weighted by atomic mass is 32.1. The Bertz CT molecular complexity index is 922. The molecule has 0 aliphatic rings. The maximum atomic E-state index is 12.9. The van der Waals surface area contributed by atoms with Crippen LogP contribution in [-0.2, 0) is 6.54 Å². The van der Waals surface area contributed by atoms with Gasteiger partial charge in [-0.25, -0.2) is 9.37 Å². The molecule has 128 valence electrons. The van der Waals surface area contributed by atoms with E-state index in [1.54, 1.807) is 29.7 Å². The second-order valence-electron chi connectivity index (χ2n) is 5.36. The van der Waals surface area contributed by atoms with Crippen molar-refractivity contribution < 1.29 is 9.18 Å². The van der Waals surface area contributed by atoms with Gasteiger partial charge in [-0.3, -0.25) is 20.0 Å². The maximum absolute atomic E-state index is 12.9. The van der Waals surface area contributed by atoms with Gasteiger partial charge in [0, 0.05) is 12.7 Å². The summed E-state index contributed by atoms with van der Waals surface area (Å²) in [5.41, 5.74) is 7.82. The number of halogens is 1. The van der Waals surface area contributed by atoms with Crippen molar-refractivity contribution in [3.05, 3.63) is 71.4 Å². The van der Waals surface area contributed by atoms with Gasteiger partial charge in [0.05, 0.1) is 5.69 Å². The zero-order chi connectivity index (χ0) is 17.8. The van der Waals surface area contributed by atoms with Gasteiger partial charge in [0.1, 0.15) is 17.2 Å². The largest absolute Gasteiger partial charge is 0.357 e. The lowest BCUT2D eigenvalue weighted by atomic mass is 10.2. The number of thiocarbonyl (C=S) groups is 1. The Morgan fingerprint density at radius 3 is 2.72 bits per heavy atom. The van der Waals surface area contributed by atoms with E-state index in [4.69, 9.17) is 12.2 Å². The molecule has 3 N–H and O–H groups in total. The first-order valence-electron chi connectivity index (χ1n) is 7.57. The Labute approximate surface area is 149 Å². The average Bonchev–Trinajstić information content (AvgIpc) is 2.95. The van der Waals surface area contributed by atoms with E-state index in [2.05, 4.69) is 21.2 Å². The molecular formula is C17H16FN5OS. The smallest absolute Gasteiger partial charge is 0.288 e. The predicted molar refractivity (Wildman–Crippen MR) is 96.4 cm³/mol. The third-order valence-electron chi connectivity index (χ3n) is 3.58. The Balaban J connectivity index is 1.57. The molecule has 2 heterocycles. The average molecular weight is 357 g/mol. The number of hydrogen-bond donors (Lipinski definition) is 3. The summed E-state index contributed by atoms with van der Waals surface area (Å²) < 4.78 is 14.6. The number of carbonyl (C=O) groups is 1. The molecule has 0 saturated carbocycles. The van der Waals surface area contributed by atoms with Crippen LogP contribution < -0.4 is 16.2 Å². The number of rotatable bonds is 3. The SMILES string of the molecule is Cc1nc2ccccn2c1C(=O)NNC(=S)NCc1ccc(F)cc1. The number of pyridine rings is 1. The van der Waals surface area contributed by atoms with Crippen LogP contribution in [0.2, 0.25) is 0 Å². The number of hydrazine groups is 1. The van der Waals surface area contributed by atoms with Gasteiger partial charge in [0.15, 0.2) is 5.11 Å². The number of hydrogen-bond acceptors (Lipinski definition) is 3. The van der Waals surface area contributed by atoms with E-state index in [1.165, 1.54) is 12.1 Å². The highest BCUT2D eigenvalue weighted by Crippen LogP contribution is 2.11. The Hall–Kier alpha value is -3.00. The van der Waals surface area contributed by atoms with Crippen LogP contribution in [0, 0.1) is 12.7 Å². The highest BCUT2D eigenvalue weighted by molar-refractivity contribution is 7.80. The quantitative estimate of drug-likeness (QED) is 0.495. The summed E-state index contributed by atoms with van der Waals surface area (Å²) >= 11 is 5.12. The molecule has 8 heteroatoms. The zero-order valence-electron chi connectivity index (χ0n) is 13.4. The van der Waals surface area contributed by atoms with Gasteiger partial charge in [-0.2, -0.15) is 0 Å². The van der Waals surface area contributed by atoms with E-state index in [1.807, 2.05) is 18.2 Å². The summed E-state index contributed by atoms with van der Waals surface area (Å²) in [7, 11) is 0. The molecule has 0 bridgehead atoms. The van der Waals surface area contributed by atoms with Gasteiger partial charge < -0.3 is 5.32 Å². The molecular weight excluding hydrogens is 341 g/mol. The Morgan fingerprint density at radius 2 is 1.96 bits per heavy atom. The number of aryl methyl sites for hydroxylation is 1. The lowest BCUT2D eigenvalue weighted by Gasteiger charge is -2.12. The van der Waals surface area contributed by atoms with Crippen molar-refractivity contribution >= 4 is 28.9 Å². The van der Waals surface area contributed by atoms with Crippen molar-refractivity contribution in [1.82, 2.24) is 25.6 Å². The number of amides is 1. The van der Waals surface area contributed by atoms with Gasteiger partial charge >= 0.3 is 0 Å². The summed E-state index contributed by atoms with van der Waals surface area (Å²) in [4.78, 5) is 16.7. The van der Waals surface area contributed by atoms with Crippen molar-refractivity contribution in [1.29, 1.82) is 0 Å². The topological polar surface area (TPSA) is 70.5 Å². The van der Waals surface area contributed by atoms with E-state index in [0.717, 1.165) is 5.56 Å². The number of imidazole rings is 1. The molecule has 0 fully saturated rings. The molecule has 0 atom stereocenters. The van der Waals surface area contributed by atoms with Gasteiger partial charge in [0.25, 0.3) is 5.91 Å². The summed E-state index contributed by atoms with van der Waals surface area (Å²) in [6, 6.07) is 11.6. The summed E-state index contributed by atoms with van der Waals surface area (Å²) in [5, 5.41) is 3.19. The van der Waals surface area contributed by atoms with Crippen molar-refractivity contribution in [2.75, 3.05) is 0 Å². The van der Waals surface area contributed by atoms with Crippen LogP contribution in [0.15, 0.2) is 48.7 Å². The van der Waals surface area contributed by atoms with Crippen LogP contribution >= 0.6 is 12.2 Å². The zero-order valence-corrected chi connectivity index (χ0v) is 14.2. The van der Waals surface area contributed by atoms with Gasteiger partial charge in [0.2, 0.25) is 0 Å². The van der Waals surface area contributed by atoms with E-state index in [9.17, 15) is 9.18 Å². The molecule has 3 rings (SSSR count). The molecule has 25 heavy (non-hydrogen) atoms. The second-order valence-corrected chi connectivity index (χ2v) is 5.77. The van der Waals surface area contributed by atoms with Crippen LogP contribution in [0.4, 0.5) is 4.39 Å². The van der Waals surface area contributed by atoms with E-state index < -0.39 is 0 Å². The number of fused-ring (bicyclic) bond motifs is 1. The monoisotopic (exact) mass is 357 g/mol. The number of carbonyl (C=O) groups excluding carboxylic acids is 1. The van der Waals surface area contributed by atoms with Crippen LogP contribution in [0.3, 0.4) is 0 Å². The van der Waals surface area contributed by atoms with Crippen molar-refractivity contribution in [3.8, 4) is 0 Å². The number of benzene rings is 1. The fraction of sp³-hybridized carbons (Fsp3) is 0.118. The molecule has 0 unspecified atom stereocenters. The number of nitrogens with one attached hydrogen (secondary N) is 3. The minimum atomic E-state index is -0.345. The molecule has 1 aromatic carbocycles. The van der Waals surface area contributed by atoms with E-state index in [-0.39, 0.29) is 16.8 Å². The third kappa shape index (κ3) is 3.92. The molecule has 0 aliphatic carbocycles. The van der Waals surface area contributed by atoms with E-state index in [0.29, 0.717) is 23.6 Å². The van der Waals surface area contributed by atoms with Gasteiger partial charge in [-0.05, 0) is 49.0 Å². The molecule has 3 aromatic rings. The fourth-order valence-electron chi connectivity index (χ4n) is 2.39. The predicted octanol–water partition coefficient (Wildman–Crippen LogP) is 2.09. The number of nitrogens with zero attached hydrogens (tertiary/aromatic N) is 2. The maximum Gasteiger partial charge on any atom is 0.288 e. The Kier molecular flexibility index (Phi) is 4.90. The van der Waals surface area contributed by atoms with Crippen molar-refractivity contribution in [2.45, 2.75) is 13.5 Å². The van der Waals surface area contributed by atoms with Crippen LogP contribution in [0.5, 0.6) is 0 Å². The van der Waals surface area contributed by atoms with Crippen LogP contribution in [0.1, 0.15) is 21.7 Å². The van der Waals surface area contributed by atoms with Crippen LogP contribution in [-0.4, -0.2) is 20.4 Å². The Morgan fingerprint density at radius 1 is 1.20 bits per heavy atom. The molecule has 2 aromatic heterocycles. The minimum absolute atomic E-state index is 0.254. The molecule has 0 saturated heterocycles. The third-order valence-corrected chi connectivity index (χ3v) is 3.82. The van der Waals surface area contributed by atoms with E-state index >= 15 is 0 Å². The van der Waals surface area contributed by atoms with Crippen molar-refractivity contribution in [2.24, 2.45) is 0 Å². The molecule has 0 radical (unpaired) electrons. The lowest BCUT2D eigenvalue weighted by Crippen LogP contribution is -2.46.